The molecular weight excluding hydrogens is 270 g/mol. The third-order valence-corrected chi connectivity index (χ3v) is 2.63. The van der Waals surface area contributed by atoms with E-state index < -0.39 is 5.97 Å². The highest BCUT2D eigenvalue weighted by molar-refractivity contribution is 5.89. The number of hydrogen-bond acceptors (Lipinski definition) is 5. The summed E-state index contributed by atoms with van der Waals surface area (Å²) in [5.74, 6) is 0.717. The molecule has 0 radical (unpaired) electrons. The molecule has 0 saturated heterocycles. The van der Waals surface area contributed by atoms with E-state index in [1.54, 1.807) is 12.1 Å². The van der Waals surface area contributed by atoms with Crippen LogP contribution in [0.3, 0.4) is 0 Å². The lowest BCUT2D eigenvalue weighted by atomic mass is 10.1. The van der Waals surface area contributed by atoms with Gasteiger partial charge in [0.15, 0.2) is 0 Å². The number of hydrogen-bond donors (Lipinski definition) is 0. The zero-order valence-electron chi connectivity index (χ0n) is 13.3. The largest absolute Gasteiger partial charge is 0.475 e. The van der Waals surface area contributed by atoms with Gasteiger partial charge in [0.2, 0.25) is 5.88 Å². The van der Waals surface area contributed by atoms with E-state index in [4.69, 9.17) is 14.2 Å². The molecule has 0 spiro atoms. The Morgan fingerprint density at radius 2 is 1.90 bits per heavy atom. The van der Waals surface area contributed by atoms with Crippen molar-refractivity contribution in [3.05, 3.63) is 23.9 Å². The third-order valence-electron chi connectivity index (χ3n) is 2.63. The van der Waals surface area contributed by atoms with Gasteiger partial charge in [0, 0.05) is 18.9 Å². The van der Waals surface area contributed by atoms with Gasteiger partial charge in [0.25, 0.3) is 0 Å². The first-order chi connectivity index (χ1) is 9.99. The second-order valence-corrected chi connectivity index (χ2v) is 5.48. The van der Waals surface area contributed by atoms with Gasteiger partial charge in [-0.15, -0.1) is 0 Å². The normalized spacial score (nSPS) is 11.0. The molecule has 5 heteroatoms. The summed E-state index contributed by atoms with van der Waals surface area (Å²) in [6, 6.07) is 3.31. The lowest BCUT2D eigenvalue weighted by molar-refractivity contribution is 0.0303. The van der Waals surface area contributed by atoms with Crippen molar-refractivity contribution < 1.29 is 19.0 Å². The number of esters is 1. The van der Waals surface area contributed by atoms with Gasteiger partial charge in [0.05, 0.1) is 18.3 Å². The molecular formula is C16H25NO4. The maximum Gasteiger partial charge on any atom is 0.339 e. The number of aromatic nitrogens is 1. The summed E-state index contributed by atoms with van der Waals surface area (Å²) < 4.78 is 15.9. The third kappa shape index (κ3) is 7.66. The molecule has 1 heterocycles. The Labute approximate surface area is 126 Å². The molecule has 0 unspecified atom stereocenters. The summed E-state index contributed by atoms with van der Waals surface area (Å²) in [6.45, 7) is 9.48. The maximum atomic E-state index is 11.8. The van der Waals surface area contributed by atoms with Crippen LogP contribution in [-0.2, 0) is 9.47 Å². The van der Waals surface area contributed by atoms with Crippen molar-refractivity contribution in [2.75, 3.05) is 19.8 Å². The average molecular weight is 295 g/mol. The molecule has 0 aliphatic rings. The monoisotopic (exact) mass is 295 g/mol. The SMILES string of the molecule is CC(C)CCOCCOC(=O)c1ccc(OC(C)C)nc1. The lowest BCUT2D eigenvalue weighted by Crippen LogP contribution is -2.12. The molecule has 0 aliphatic heterocycles. The number of rotatable bonds is 9. The van der Waals surface area contributed by atoms with Gasteiger partial charge in [-0.2, -0.15) is 0 Å². The standard InChI is InChI=1S/C16H25NO4/c1-12(2)7-8-19-9-10-20-16(18)14-5-6-15(17-11-14)21-13(3)4/h5-6,11-13H,7-10H2,1-4H3. The number of ether oxygens (including phenoxy) is 3. The topological polar surface area (TPSA) is 57.7 Å². The first-order valence-electron chi connectivity index (χ1n) is 7.36. The molecule has 5 nitrogen and oxygen atoms in total. The van der Waals surface area contributed by atoms with Crippen LogP contribution in [0.2, 0.25) is 0 Å². The molecule has 1 aromatic rings. The zero-order chi connectivity index (χ0) is 15.7. The molecule has 0 fully saturated rings. The van der Waals surface area contributed by atoms with Crippen LogP contribution < -0.4 is 4.74 Å². The van der Waals surface area contributed by atoms with Crippen molar-refractivity contribution in [1.29, 1.82) is 0 Å². The highest BCUT2D eigenvalue weighted by Gasteiger charge is 2.08. The molecule has 0 aliphatic carbocycles. The maximum absolute atomic E-state index is 11.8. The van der Waals surface area contributed by atoms with E-state index in [1.165, 1.54) is 6.20 Å². The van der Waals surface area contributed by atoms with Crippen molar-refractivity contribution in [3.8, 4) is 5.88 Å². The van der Waals surface area contributed by atoms with E-state index in [1.807, 2.05) is 13.8 Å². The van der Waals surface area contributed by atoms with E-state index in [2.05, 4.69) is 18.8 Å². The van der Waals surface area contributed by atoms with Crippen LogP contribution in [0.1, 0.15) is 44.5 Å². The van der Waals surface area contributed by atoms with Crippen LogP contribution in [0, 0.1) is 5.92 Å². The minimum atomic E-state index is -0.397. The second-order valence-electron chi connectivity index (χ2n) is 5.48. The summed E-state index contributed by atoms with van der Waals surface area (Å²) in [6.07, 6.45) is 2.52. The van der Waals surface area contributed by atoms with Gasteiger partial charge < -0.3 is 14.2 Å². The number of nitrogens with zero attached hydrogens (tertiary/aromatic N) is 1. The smallest absolute Gasteiger partial charge is 0.339 e. The van der Waals surface area contributed by atoms with Crippen LogP contribution >= 0.6 is 0 Å². The predicted molar refractivity (Wildman–Crippen MR) is 80.6 cm³/mol. The van der Waals surface area contributed by atoms with Crippen molar-refractivity contribution in [2.24, 2.45) is 5.92 Å². The fourth-order valence-corrected chi connectivity index (χ4v) is 1.51. The van der Waals surface area contributed by atoms with Gasteiger partial charge in [-0.25, -0.2) is 9.78 Å². The molecule has 21 heavy (non-hydrogen) atoms. The van der Waals surface area contributed by atoms with Crippen molar-refractivity contribution in [3.63, 3.8) is 0 Å². The second kappa shape index (κ2) is 9.34. The number of pyridine rings is 1. The first kappa shape index (κ1) is 17.4. The van der Waals surface area contributed by atoms with Gasteiger partial charge in [-0.3, -0.25) is 0 Å². The Kier molecular flexibility index (Phi) is 7.75. The molecule has 1 rings (SSSR count). The average Bonchev–Trinajstić information content (AvgIpc) is 2.42. The van der Waals surface area contributed by atoms with Crippen LogP contribution in [0.15, 0.2) is 18.3 Å². The number of carbonyl (C=O) groups is 1. The summed E-state index contributed by atoms with van der Waals surface area (Å²) in [5, 5.41) is 0. The van der Waals surface area contributed by atoms with Gasteiger partial charge in [0.1, 0.15) is 6.61 Å². The minimum Gasteiger partial charge on any atom is -0.475 e. The lowest BCUT2D eigenvalue weighted by Gasteiger charge is -2.09. The Bertz CT molecular complexity index is 415. The predicted octanol–water partition coefficient (Wildman–Crippen LogP) is 3.09. The Morgan fingerprint density at radius 3 is 2.48 bits per heavy atom. The molecule has 0 bridgehead atoms. The molecule has 0 N–H and O–H groups in total. The summed E-state index contributed by atoms with van der Waals surface area (Å²) >= 11 is 0. The van der Waals surface area contributed by atoms with E-state index in [0.29, 0.717) is 30.6 Å². The first-order valence-corrected chi connectivity index (χ1v) is 7.36. The van der Waals surface area contributed by atoms with Crippen molar-refractivity contribution in [1.82, 2.24) is 4.98 Å². The van der Waals surface area contributed by atoms with Gasteiger partial charge in [-0.1, -0.05) is 13.8 Å². The Morgan fingerprint density at radius 1 is 1.14 bits per heavy atom. The van der Waals surface area contributed by atoms with E-state index >= 15 is 0 Å². The fourth-order valence-electron chi connectivity index (χ4n) is 1.51. The van der Waals surface area contributed by atoms with Crippen LogP contribution in [-0.4, -0.2) is 36.9 Å². The van der Waals surface area contributed by atoms with Gasteiger partial charge >= 0.3 is 5.97 Å². The summed E-state index contributed by atoms with van der Waals surface area (Å²) in [4.78, 5) is 15.8. The highest BCUT2D eigenvalue weighted by atomic mass is 16.6. The molecule has 118 valence electrons. The van der Waals surface area contributed by atoms with E-state index in [-0.39, 0.29) is 12.7 Å². The zero-order valence-corrected chi connectivity index (χ0v) is 13.3. The molecule has 0 amide bonds. The van der Waals surface area contributed by atoms with E-state index in [9.17, 15) is 4.79 Å². The van der Waals surface area contributed by atoms with E-state index in [0.717, 1.165) is 6.42 Å². The fraction of sp³-hybridized carbons (Fsp3) is 0.625. The Balaban J connectivity index is 2.25. The van der Waals surface area contributed by atoms with Crippen LogP contribution in [0.25, 0.3) is 0 Å². The van der Waals surface area contributed by atoms with Crippen molar-refractivity contribution in [2.45, 2.75) is 40.2 Å². The minimum absolute atomic E-state index is 0.0540. The van der Waals surface area contributed by atoms with Crippen molar-refractivity contribution >= 4 is 5.97 Å². The molecule has 1 aromatic heterocycles. The highest BCUT2D eigenvalue weighted by Crippen LogP contribution is 2.10. The number of carbonyl (C=O) groups excluding carboxylic acids is 1. The quantitative estimate of drug-likeness (QED) is 0.517. The Hall–Kier alpha value is -1.62. The molecule has 0 aromatic carbocycles. The summed E-state index contributed by atoms with van der Waals surface area (Å²) in [5.41, 5.74) is 0.410. The van der Waals surface area contributed by atoms with Crippen LogP contribution in [0.5, 0.6) is 5.88 Å². The van der Waals surface area contributed by atoms with Crippen LogP contribution in [0.4, 0.5) is 0 Å². The molecule has 0 saturated carbocycles. The van der Waals surface area contributed by atoms with Gasteiger partial charge in [-0.05, 0) is 32.3 Å². The summed E-state index contributed by atoms with van der Waals surface area (Å²) in [7, 11) is 0. The molecule has 0 atom stereocenters.